The molecular formula is C21H28N2S. The van der Waals surface area contributed by atoms with E-state index in [0.717, 1.165) is 24.3 Å². The largest absolute Gasteiger partial charge is 0.337 e. The van der Waals surface area contributed by atoms with Crippen LogP contribution in [0.2, 0.25) is 0 Å². The first-order chi connectivity index (χ1) is 11.8. The van der Waals surface area contributed by atoms with Crippen LogP contribution in [0.15, 0.2) is 35.7 Å². The van der Waals surface area contributed by atoms with E-state index in [1.165, 1.54) is 37.9 Å². The third kappa shape index (κ3) is 2.81. The van der Waals surface area contributed by atoms with Crippen molar-refractivity contribution in [2.75, 3.05) is 5.75 Å². The number of rotatable bonds is 5. The molecule has 4 rings (SSSR count). The van der Waals surface area contributed by atoms with Gasteiger partial charge in [-0.2, -0.15) is 0 Å². The minimum atomic E-state index is 0.742. The molecule has 0 saturated heterocycles. The van der Waals surface area contributed by atoms with Gasteiger partial charge in [-0.05, 0) is 71.9 Å². The van der Waals surface area contributed by atoms with Crippen molar-refractivity contribution in [1.82, 2.24) is 9.55 Å². The van der Waals surface area contributed by atoms with Gasteiger partial charge in [-0.25, -0.2) is 4.98 Å². The lowest BCUT2D eigenvalue weighted by Gasteiger charge is -2.43. The van der Waals surface area contributed by atoms with Gasteiger partial charge < -0.3 is 4.57 Å². The summed E-state index contributed by atoms with van der Waals surface area (Å²) in [7, 11) is 0. The number of nitrogens with zero attached hydrogens (tertiary/aromatic N) is 2. The number of benzene rings is 1. The van der Waals surface area contributed by atoms with E-state index in [0.29, 0.717) is 0 Å². The fourth-order valence-corrected chi connectivity index (χ4v) is 6.03. The highest BCUT2D eigenvalue weighted by Gasteiger charge is 2.39. The van der Waals surface area contributed by atoms with Crippen molar-refractivity contribution in [2.45, 2.75) is 63.3 Å². The molecule has 2 unspecified atom stereocenters. The molecule has 0 radical (unpaired) electrons. The zero-order chi connectivity index (χ0) is 16.5. The first-order valence-corrected chi connectivity index (χ1v) is 10.5. The molecule has 2 aromatic rings. The Balaban J connectivity index is 1.75. The Morgan fingerprint density at radius 1 is 1.29 bits per heavy atom. The van der Waals surface area contributed by atoms with Gasteiger partial charge in [0.15, 0.2) is 0 Å². The Kier molecular flexibility index (Phi) is 4.71. The molecule has 0 spiro atoms. The number of hydrogen-bond donors (Lipinski definition) is 0. The van der Waals surface area contributed by atoms with Gasteiger partial charge in [0.25, 0.3) is 0 Å². The highest BCUT2D eigenvalue weighted by molar-refractivity contribution is 7.99. The minimum absolute atomic E-state index is 0.742. The summed E-state index contributed by atoms with van der Waals surface area (Å²) in [5.74, 6) is 3.51. The van der Waals surface area contributed by atoms with E-state index in [2.05, 4.69) is 41.7 Å². The van der Waals surface area contributed by atoms with Crippen LogP contribution >= 0.6 is 11.8 Å². The lowest BCUT2D eigenvalue weighted by molar-refractivity contribution is 0.205. The predicted octanol–water partition coefficient (Wildman–Crippen LogP) is 5.31. The number of aryl methyl sites for hydroxylation is 1. The van der Waals surface area contributed by atoms with Gasteiger partial charge in [-0.15, -0.1) is 11.8 Å². The molecular weight excluding hydrogens is 312 g/mol. The molecule has 0 aliphatic heterocycles. The van der Waals surface area contributed by atoms with E-state index >= 15 is 0 Å². The molecule has 0 amide bonds. The van der Waals surface area contributed by atoms with Gasteiger partial charge in [0.1, 0.15) is 0 Å². The van der Waals surface area contributed by atoms with Crippen molar-refractivity contribution < 1.29 is 0 Å². The molecule has 3 atom stereocenters. The van der Waals surface area contributed by atoms with E-state index < -0.39 is 0 Å². The van der Waals surface area contributed by atoms with E-state index in [4.69, 9.17) is 0 Å². The molecule has 0 saturated carbocycles. The second-order valence-corrected chi connectivity index (χ2v) is 8.65. The molecule has 2 nitrogen and oxygen atoms in total. The van der Waals surface area contributed by atoms with E-state index in [9.17, 15) is 0 Å². The molecule has 0 fully saturated rings. The second-order valence-electron chi connectivity index (χ2n) is 7.34. The number of thioether (sulfide) groups is 1. The third-order valence-corrected chi connectivity index (χ3v) is 7.08. The van der Waals surface area contributed by atoms with Gasteiger partial charge in [0.2, 0.25) is 0 Å². The van der Waals surface area contributed by atoms with Crippen LogP contribution in [0.25, 0.3) is 0 Å². The highest BCUT2D eigenvalue weighted by atomic mass is 32.2. The average molecular weight is 341 g/mol. The van der Waals surface area contributed by atoms with Crippen molar-refractivity contribution in [3.63, 3.8) is 0 Å². The Bertz CT molecular complexity index is 692. The monoisotopic (exact) mass is 340 g/mol. The topological polar surface area (TPSA) is 17.8 Å². The summed E-state index contributed by atoms with van der Waals surface area (Å²) in [4.78, 5) is 5.80. The van der Waals surface area contributed by atoms with Gasteiger partial charge >= 0.3 is 0 Å². The summed E-state index contributed by atoms with van der Waals surface area (Å²) >= 11 is 2.03. The second kappa shape index (κ2) is 6.95. The van der Waals surface area contributed by atoms with Crippen molar-refractivity contribution in [2.24, 2.45) is 11.8 Å². The minimum Gasteiger partial charge on any atom is -0.337 e. The molecule has 2 aliphatic carbocycles. The van der Waals surface area contributed by atoms with E-state index in [-0.39, 0.29) is 0 Å². The van der Waals surface area contributed by atoms with Crippen molar-refractivity contribution in [3.05, 3.63) is 47.5 Å². The maximum atomic E-state index is 4.25. The third-order valence-electron chi connectivity index (χ3n) is 6.10. The summed E-state index contributed by atoms with van der Waals surface area (Å²) in [6, 6.07) is 4.84. The van der Waals surface area contributed by atoms with Crippen molar-refractivity contribution in [1.29, 1.82) is 0 Å². The van der Waals surface area contributed by atoms with Crippen LogP contribution in [0.3, 0.4) is 0 Å². The smallest absolute Gasteiger partial charge is 0.0946 e. The molecule has 2 aliphatic rings. The van der Waals surface area contributed by atoms with Crippen LogP contribution in [0.4, 0.5) is 0 Å². The maximum absolute atomic E-state index is 4.25. The van der Waals surface area contributed by atoms with Crippen molar-refractivity contribution in [3.8, 4) is 0 Å². The number of imidazole rings is 1. The van der Waals surface area contributed by atoms with Crippen LogP contribution < -0.4 is 0 Å². The van der Waals surface area contributed by atoms with Crippen molar-refractivity contribution >= 4 is 11.8 Å². The number of aromatic nitrogens is 2. The zero-order valence-electron chi connectivity index (χ0n) is 14.9. The Hall–Kier alpha value is -1.22. The lowest BCUT2D eigenvalue weighted by atomic mass is 9.63. The Morgan fingerprint density at radius 2 is 2.21 bits per heavy atom. The lowest BCUT2D eigenvalue weighted by Crippen LogP contribution is -2.34. The normalized spacial score (nSPS) is 25.5. The Morgan fingerprint density at radius 3 is 2.96 bits per heavy atom. The fraction of sp³-hybridized carbons (Fsp3) is 0.571. The summed E-state index contributed by atoms with van der Waals surface area (Å²) in [5, 5.41) is 0. The van der Waals surface area contributed by atoms with Gasteiger partial charge in [0.05, 0.1) is 6.33 Å². The summed E-state index contributed by atoms with van der Waals surface area (Å²) < 4.78 is 2.29. The van der Waals surface area contributed by atoms with E-state index in [1.54, 1.807) is 21.6 Å². The SMILES string of the molecule is CCSc1ccc2c3c1CC(Cn1ccnc1)[C@H](CC)C3CCC2. The van der Waals surface area contributed by atoms with Gasteiger partial charge in [-0.3, -0.25) is 0 Å². The van der Waals surface area contributed by atoms with Crippen LogP contribution in [0, 0.1) is 11.8 Å². The quantitative estimate of drug-likeness (QED) is 0.686. The van der Waals surface area contributed by atoms with Gasteiger partial charge in [-0.1, -0.05) is 26.3 Å². The average Bonchev–Trinajstić information content (AvgIpc) is 3.11. The standard InChI is InChI=1S/C21H28N2S/c1-3-17-16(13-23-11-10-22-14-23)12-19-20(24-4-2)9-8-15-6-5-7-18(17)21(15)19/h8-11,14,16-18H,3-7,12-13H2,1-2H3/t16?,17-,18?/m0/s1. The predicted molar refractivity (Wildman–Crippen MR) is 102 cm³/mol. The van der Waals surface area contributed by atoms with Gasteiger partial charge in [0, 0.05) is 23.8 Å². The fourth-order valence-electron chi connectivity index (χ4n) is 5.18. The summed E-state index contributed by atoms with van der Waals surface area (Å²) in [6.07, 6.45) is 12.6. The maximum Gasteiger partial charge on any atom is 0.0946 e. The number of hydrogen-bond acceptors (Lipinski definition) is 2. The molecule has 128 valence electrons. The van der Waals surface area contributed by atoms with Crippen LogP contribution in [0.1, 0.15) is 55.7 Å². The Labute approximate surface area is 150 Å². The molecule has 0 N–H and O–H groups in total. The first kappa shape index (κ1) is 16.3. The summed E-state index contributed by atoms with van der Waals surface area (Å²) in [5.41, 5.74) is 5.11. The highest BCUT2D eigenvalue weighted by Crippen LogP contribution is 2.50. The summed E-state index contributed by atoms with van der Waals surface area (Å²) in [6.45, 7) is 5.79. The van der Waals surface area contributed by atoms with Crippen LogP contribution in [-0.4, -0.2) is 15.3 Å². The molecule has 1 aromatic carbocycles. The van der Waals surface area contributed by atoms with Crippen LogP contribution in [-0.2, 0) is 19.4 Å². The zero-order valence-corrected chi connectivity index (χ0v) is 15.7. The molecule has 24 heavy (non-hydrogen) atoms. The molecule has 1 heterocycles. The molecule has 0 bridgehead atoms. The first-order valence-electron chi connectivity index (χ1n) is 9.55. The molecule has 3 heteroatoms. The molecule has 1 aromatic heterocycles. The van der Waals surface area contributed by atoms with Crippen LogP contribution in [0.5, 0.6) is 0 Å². The van der Waals surface area contributed by atoms with E-state index in [1.807, 2.05) is 24.3 Å².